The Bertz CT molecular complexity index is 333. The van der Waals surface area contributed by atoms with Gasteiger partial charge in [-0.1, -0.05) is 53.5 Å². The number of nitrogens with zero attached hydrogens (tertiary/aromatic N) is 1. The second-order valence-electron chi connectivity index (χ2n) is 4.94. The molecule has 2 heteroatoms. The summed E-state index contributed by atoms with van der Waals surface area (Å²) in [6.45, 7) is 4.58. The number of benzene rings is 1. The van der Waals surface area contributed by atoms with Gasteiger partial charge < -0.3 is 0 Å². The second-order valence-corrected chi connectivity index (χ2v) is 5.59. The number of halogens is 1. The highest BCUT2D eigenvalue weighted by molar-refractivity contribution is 9.09. The lowest BCUT2D eigenvalue weighted by Crippen LogP contribution is -2.39. The van der Waals surface area contributed by atoms with Crippen LogP contribution in [0.3, 0.4) is 0 Å². The summed E-state index contributed by atoms with van der Waals surface area (Å²) in [5.74, 6) is 0. The molecule has 1 atom stereocenters. The van der Waals surface area contributed by atoms with Gasteiger partial charge in [-0.25, -0.2) is 0 Å². The fourth-order valence-electron chi connectivity index (χ4n) is 2.56. The maximum atomic E-state index is 3.65. The molecule has 0 amide bonds. The fourth-order valence-corrected chi connectivity index (χ4v) is 3.29. The van der Waals surface area contributed by atoms with Gasteiger partial charge in [0.15, 0.2) is 0 Å². The van der Waals surface area contributed by atoms with E-state index >= 15 is 0 Å². The fraction of sp³-hybridized carbons (Fsp3) is 0.600. The van der Waals surface area contributed by atoms with Gasteiger partial charge in [0.25, 0.3) is 0 Å². The van der Waals surface area contributed by atoms with E-state index in [9.17, 15) is 0 Å². The Morgan fingerprint density at radius 2 is 1.88 bits per heavy atom. The Morgan fingerprint density at radius 1 is 1.18 bits per heavy atom. The van der Waals surface area contributed by atoms with E-state index < -0.39 is 0 Å². The van der Waals surface area contributed by atoms with Gasteiger partial charge in [-0.3, -0.25) is 4.90 Å². The Balaban J connectivity index is 1.98. The lowest BCUT2D eigenvalue weighted by Gasteiger charge is -2.34. The van der Waals surface area contributed by atoms with Gasteiger partial charge in [-0.05, 0) is 36.9 Å². The number of aryl methyl sites for hydroxylation is 1. The number of rotatable bonds is 4. The zero-order chi connectivity index (χ0) is 12.1. The molecule has 1 aliphatic rings. The topological polar surface area (TPSA) is 3.24 Å². The zero-order valence-electron chi connectivity index (χ0n) is 10.7. The van der Waals surface area contributed by atoms with Gasteiger partial charge in [0.05, 0.1) is 0 Å². The van der Waals surface area contributed by atoms with Crippen LogP contribution in [0.2, 0.25) is 0 Å². The largest absolute Gasteiger partial charge is 0.295 e. The first-order chi connectivity index (χ1) is 8.33. The second kappa shape index (κ2) is 6.55. The quantitative estimate of drug-likeness (QED) is 0.759. The van der Waals surface area contributed by atoms with Crippen molar-refractivity contribution in [3.63, 3.8) is 0 Å². The molecule has 0 aromatic heterocycles. The molecule has 1 aromatic rings. The molecule has 1 unspecified atom stereocenters. The van der Waals surface area contributed by atoms with Crippen molar-refractivity contribution in [1.82, 2.24) is 4.90 Å². The van der Waals surface area contributed by atoms with Crippen molar-refractivity contribution in [1.29, 1.82) is 0 Å². The molecule has 1 nitrogen and oxygen atoms in total. The summed E-state index contributed by atoms with van der Waals surface area (Å²) in [6.07, 6.45) is 5.23. The van der Waals surface area contributed by atoms with Gasteiger partial charge in [0.2, 0.25) is 0 Å². The van der Waals surface area contributed by atoms with Crippen molar-refractivity contribution in [3.05, 3.63) is 35.4 Å². The lowest BCUT2D eigenvalue weighted by molar-refractivity contribution is 0.156. The van der Waals surface area contributed by atoms with Crippen LogP contribution in [0.4, 0.5) is 0 Å². The van der Waals surface area contributed by atoms with E-state index in [0.717, 1.165) is 24.3 Å². The third-order valence-electron chi connectivity index (χ3n) is 3.74. The first kappa shape index (κ1) is 13.1. The highest BCUT2D eigenvalue weighted by Crippen LogP contribution is 2.21. The predicted octanol–water partition coefficient (Wildman–Crippen LogP) is 4.00. The van der Waals surface area contributed by atoms with Crippen LogP contribution < -0.4 is 0 Å². The van der Waals surface area contributed by atoms with Gasteiger partial charge >= 0.3 is 0 Å². The maximum Gasteiger partial charge on any atom is 0.0237 e. The molecular weight excluding hydrogens is 274 g/mol. The summed E-state index contributed by atoms with van der Waals surface area (Å²) in [7, 11) is 0. The van der Waals surface area contributed by atoms with Crippen molar-refractivity contribution >= 4 is 15.9 Å². The number of hydrogen-bond acceptors (Lipinski definition) is 1. The monoisotopic (exact) mass is 295 g/mol. The van der Waals surface area contributed by atoms with Crippen LogP contribution in [-0.2, 0) is 13.0 Å². The maximum absolute atomic E-state index is 3.65. The van der Waals surface area contributed by atoms with Crippen molar-refractivity contribution in [2.75, 3.05) is 11.9 Å². The molecule has 0 aliphatic carbocycles. The average Bonchev–Trinajstić information content (AvgIpc) is 2.40. The summed E-state index contributed by atoms with van der Waals surface area (Å²) in [4.78, 5) is 2.62. The van der Waals surface area contributed by atoms with Crippen LogP contribution in [0, 0.1) is 0 Å². The lowest BCUT2D eigenvalue weighted by atomic mass is 10.0. The minimum Gasteiger partial charge on any atom is -0.295 e. The van der Waals surface area contributed by atoms with E-state index in [1.54, 1.807) is 0 Å². The highest BCUT2D eigenvalue weighted by atomic mass is 79.9. The van der Waals surface area contributed by atoms with E-state index in [4.69, 9.17) is 0 Å². The number of alkyl halides is 1. The minimum atomic E-state index is 0.731. The summed E-state index contributed by atoms with van der Waals surface area (Å²) >= 11 is 3.65. The number of likely N-dealkylation sites (tertiary alicyclic amines) is 1. The van der Waals surface area contributed by atoms with E-state index in [1.807, 2.05) is 0 Å². The van der Waals surface area contributed by atoms with E-state index in [-0.39, 0.29) is 0 Å². The number of piperidine rings is 1. The molecule has 1 aromatic carbocycles. The van der Waals surface area contributed by atoms with Crippen molar-refractivity contribution in [3.8, 4) is 0 Å². The third kappa shape index (κ3) is 3.56. The first-order valence-corrected chi connectivity index (χ1v) is 7.83. The molecule has 0 bridgehead atoms. The standard InChI is InChI=1S/C15H22BrN/c1-2-13-6-8-14(9-7-13)12-17-10-4-3-5-15(17)11-16/h6-9,15H,2-5,10-12H2,1H3. The molecule has 1 saturated heterocycles. The highest BCUT2D eigenvalue weighted by Gasteiger charge is 2.20. The molecule has 1 fully saturated rings. The molecule has 0 saturated carbocycles. The smallest absolute Gasteiger partial charge is 0.0237 e. The Hall–Kier alpha value is -0.340. The average molecular weight is 296 g/mol. The molecule has 0 spiro atoms. The summed E-state index contributed by atoms with van der Waals surface area (Å²) in [5.41, 5.74) is 2.89. The van der Waals surface area contributed by atoms with E-state index in [2.05, 4.69) is 52.0 Å². The van der Waals surface area contributed by atoms with E-state index in [1.165, 1.54) is 36.9 Å². The van der Waals surface area contributed by atoms with Crippen LogP contribution in [0.25, 0.3) is 0 Å². The third-order valence-corrected chi connectivity index (χ3v) is 4.49. The van der Waals surface area contributed by atoms with Gasteiger partial charge in [-0.2, -0.15) is 0 Å². The van der Waals surface area contributed by atoms with Gasteiger partial charge in [0, 0.05) is 17.9 Å². The van der Waals surface area contributed by atoms with Crippen LogP contribution in [0.15, 0.2) is 24.3 Å². The van der Waals surface area contributed by atoms with Crippen molar-refractivity contribution in [2.24, 2.45) is 0 Å². The summed E-state index contributed by atoms with van der Waals surface area (Å²) in [6, 6.07) is 9.84. The summed E-state index contributed by atoms with van der Waals surface area (Å²) < 4.78 is 0. The Morgan fingerprint density at radius 3 is 2.53 bits per heavy atom. The van der Waals surface area contributed by atoms with Crippen molar-refractivity contribution in [2.45, 2.75) is 45.2 Å². The van der Waals surface area contributed by atoms with E-state index in [0.29, 0.717) is 0 Å². The molecule has 0 radical (unpaired) electrons. The van der Waals surface area contributed by atoms with Crippen LogP contribution in [0.1, 0.15) is 37.3 Å². The SMILES string of the molecule is CCc1ccc(CN2CCCCC2CBr)cc1. The zero-order valence-corrected chi connectivity index (χ0v) is 12.2. The molecular formula is C15H22BrN. The van der Waals surface area contributed by atoms with Crippen LogP contribution in [-0.4, -0.2) is 22.8 Å². The normalized spacial score (nSPS) is 21.6. The van der Waals surface area contributed by atoms with Crippen LogP contribution in [0.5, 0.6) is 0 Å². The minimum absolute atomic E-state index is 0.731. The van der Waals surface area contributed by atoms with Crippen LogP contribution >= 0.6 is 15.9 Å². The molecule has 0 N–H and O–H groups in total. The molecule has 1 aliphatic heterocycles. The Kier molecular flexibility index (Phi) is 5.05. The molecule has 17 heavy (non-hydrogen) atoms. The van der Waals surface area contributed by atoms with Gasteiger partial charge in [0.1, 0.15) is 0 Å². The summed E-state index contributed by atoms with van der Waals surface area (Å²) in [5, 5.41) is 1.11. The Labute approximate surface area is 113 Å². The molecule has 1 heterocycles. The van der Waals surface area contributed by atoms with Gasteiger partial charge in [-0.15, -0.1) is 0 Å². The molecule has 94 valence electrons. The van der Waals surface area contributed by atoms with Crippen molar-refractivity contribution < 1.29 is 0 Å². The predicted molar refractivity (Wildman–Crippen MR) is 77.7 cm³/mol. The molecule has 2 rings (SSSR count). The first-order valence-electron chi connectivity index (χ1n) is 6.71. The number of hydrogen-bond donors (Lipinski definition) is 0.